The number of rotatable bonds is 4. The molecule has 0 saturated heterocycles. The molecule has 0 bridgehead atoms. The van der Waals surface area contributed by atoms with Crippen molar-refractivity contribution in [3.8, 4) is 17.3 Å². The molecular weight excluding hydrogens is 468 g/mol. The Balaban J connectivity index is 1.96. The molecule has 0 radical (unpaired) electrons. The fourth-order valence-electron chi connectivity index (χ4n) is 2.85. The molecule has 9 nitrogen and oxygen atoms in total. The predicted molar refractivity (Wildman–Crippen MR) is 121 cm³/mol. The molecule has 0 fully saturated rings. The number of methoxy groups -OCH3 is 1. The van der Waals surface area contributed by atoms with Crippen molar-refractivity contribution in [1.29, 1.82) is 0 Å². The number of carbonyl (C=O) groups excluding carboxylic acids is 1. The number of aromatic nitrogens is 2. The van der Waals surface area contributed by atoms with Gasteiger partial charge in [0.05, 0.1) is 19.0 Å². The van der Waals surface area contributed by atoms with E-state index in [0.29, 0.717) is 17.1 Å². The van der Waals surface area contributed by atoms with Gasteiger partial charge in [0, 0.05) is 10.2 Å². The second kappa shape index (κ2) is 9.00. The summed E-state index contributed by atoms with van der Waals surface area (Å²) in [5.74, 6) is -0.00162. The van der Waals surface area contributed by atoms with Crippen LogP contribution in [0.15, 0.2) is 55.5 Å². The van der Waals surface area contributed by atoms with Gasteiger partial charge in [-0.2, -0.15) is 0 Å². The Hall–Kier alpha value is -3.66. The molecule has 2 aromatic carbocycles. The van der Waals surface area contributed by atoms with Crippen molar-refractivity contribution in [2.75, 3.05) is 12.4 Å². The highest BCUT2D eigenvalue weighted by Gasteiger charge is 2.17. The number of benzene rings is 2. The highest BCUT2D eigenvalue weighted by atomic mass is 79.9. The summed E-state index contributed by atoms with van der Waals surface area (Å²) < 4.78 is 6.84. The first-order chi connectivity index (χ1) is 14.7. The van der Waals surface area contributed by atoms with Crippen molar-refractivity contribution in [1.82, 2.24) is 9.55 Å². The molecule has 0 atom stereocenters. The van der Waals surface area contributed by atoms with E-state index in [-0.39, 0.29) is 5.56 Å². The van der Waals surface area contributed by atoms with E-state index in [1.807, 2.05) is 6.92 Å². The van der Waals surface area contributed by atoms with Crippen molar-refractivity contribution in [2.24, 2.45) is 4.99 Å². The number of anilines is 1. The third-order valence-corrected chi connectivity index (χ3v) is 5.57. The Bertz CT molecular complexity index is 1290. The Morgan fingerprint density at radius 2 is 1.84 bits per heavy atom. The zero-order valence-corrected chi connectivity index (χ0v) is 18.5. The number of aromatic amines is 1. The number of hydrogen-bond acceptors (Lipinski definition) is 5. The van der Waals surface area contributed by atoms with E-state index >= 15 is 0 Å². The molecule has 10 heteroatoms. The van der Waals surface area contributed by atoms with Gasteiger partial charge in [-0.1, -0.05) is 15.9 Å². The summed E-state index contributed by atoms with van der Waals surface area (Å²) in [6.07, 6.45) is 0.907. The average Bonchev–Trinajstić information content (AvgIpc) is 2.73. The Labute approximate surface area is 185 Å². The van der Waals surface area contributed by atoms with E-state index in [1.165, 1.54) is 7.11 Å². The molecule has 3 N–H and O–H groups in total. The van der Waals surface area contributed by atoms with Gasteiger partial charge in [-0.3, -0.25) is 9.78 Å². The Kier molecular flexibility index (Phi) is 6.40. The van der Waals surface area contributed by atoms with Gasteiger partial charge in [0.25, 0.3) is 5.56 Å². The molecule has 160 valence electrons. The first kappa shape index (κ1) is 22.0. The lowest BCUT2D eigenvalue weighted by Crippen LogP contribution is -2.32. The number of ether oxygens (including phenoxy) is 1. The molecule has 2 amide bonds. The molecule has 0 spiro atoms. The van der Waals surface area contributed by atoms with Crippen molar-refractivity contribution in [2.45, 2.75) is 13.8 Å². The van der Waals surface area contributed by atoms with Crippen molar-refractivity contribution >= 4 is 33.9 Å². The Morgan fingerprint density at radius 3 is 2.48 bits per heavy atom. The maximum atomic E-state index is 12.4. The van der Waals surface area contributed by atoms with Crippen LogP contribution in [0, 0.1) is 13.8 Å². The lowest BCUT2D eigenvalue weighted by Gasteiger charge is -2.14. The number of nitrogens with zero attached hydrogens (tertiary/aromatic N) is 2. The van der Waals surface area contributed by atoms with Crippen LogP contribution in [0.25, 0.3) is 5.69 Å². The van der Waals surface area contributed by atoms with Crippen LogP contribution in [-0.4, -0.2) is 34.0 Å². The largest absolute Gasteiger partial charge is 0.497 e. The molecule has 0 aliphatic carbocycles. The number of aliphatic imine (C=N–C) groups is 1. The normalized spacial score (nSPS) is 11.0. The average molecular weight is 487 g/mol. The van der Waals surface area contributed by atoms with E-state index < -0.39 is 23.2 Å². The van der Waals surface area contributed by atoms with Crippen LogP contribution < -0.4 is 21.3 Å². The van der Waals surface area contributed by atoms with E-state index in [1.54, 1.807) is 43.3 Å². The standard InChI is InChI=1S/C21H19BrN4O5/c1-11-12(2)17(9-8-16(11)22)26-19(28)15(18(27)25-21(26)30)10-23-20(29)24-13-4-6-14(31-3)7-5-13/h4-10,28H,1-3H3,(H,24,29)(H,25,27,30). The zero-order valence-electron chi connectivity index (χ0n) is 16.9. The number of amides is 2. The Morgan fingerprint density at radius 1 is 1.16 bits per heavy atom. The maximum absolute atomic E-state index is 12.4. The fraction of sp³-hybridized carbons (Fsp3) is 0.143. The molecule has 0 saturated carbocycles. The highest BCUT2D eigenvalue weighted by molar-refractivity contribution is 9.10. The van der Waals surface area contributed by atoms with Gasteiger partial charge in [-0.25, -0.2) is 19.1 Å². The lowest BCUT2D eigenvalue weighted by molar-refractivity contribution is 0.259. The number of urea groups is 1. The van der Waals surface area contributed by atoms with Crippen LogP contribution in [0.3, 0.4) is 0 Å². The molecule has 3 aromatic rings. The van der Waals surface area contributed by atoms with Gasteiger partial charge < -0.3 is 15.2 Å². The first-order valence-electron chi connectivity index (χ1n) is 9.06. The summed E-state index contributed by atoms with van der Waals surface area (Å²) in [5, 5.41) is 13.2. The second-order valence-corrected chi connectivity index (χ2v) is 7.42. The van der Waals surface area contributed by atoms with Gasteiger partial charge in [0.1, 0.15) is 11.3 Å². The van der Waals surface area contributed by atoms with Crippen LogP contribution in [0.5, 0.6) is 11.6 Å². The highest BCUT2D eigenvalue weighted by Crippen LogP contribution is 2.26. The van der Waals surface area contributed by atoms with E-state index in [4.69, 9.17) is 4.74 Å². The third kappa shape index (κ3) is 4.58. The summed E-state index contributed by atoms with van der Waals surface area (Å²) in [5.41, 5.74) is 0.426. The van der Waals surface area contributed by atoms with Crippen molar-refractivity contribution < 1.29 is 14.6 Å². The number of halogens is 1. The maximum Gasteiger partial charge on any atom is 0.345 e. The summed E-state index contributed by atoms with van der Waals surface area (Å²) in [6, 6.07) is 9.15. The third-order valence-electron chi connectivity index (χ3n) is 4.71. The van der Waals surface area contributed by atoms with E-state index in [9.17, 15) is 19.5 Å². The predicted octanol–water partition coefficient (Wildman–Crippen LogP) is 3.27. The molecule has 0 unspecified atom stereocenters. The topological polar surface area (TPSA) is 126 Å². The minimum absolute atomic E-state index is 0.329. The van der Waals surface area contributed by atoms with Gasteiger partial charge in [0.2, 0.25) is 5.88 Å². The van der Waals surface area contributed by atoms with E-state index in [0.717, 1.165) is 26.4 Å². The lowest BCUT2D eigenvalue weighted by atomic mass is 10.1. The molecular formula is C21H19BrN4O5. The van der Waals surface area contributed by atoms with Crippen LogP contribution in [0.4, 0.5) is 10.5 Å². The number of H-pyrrole nitrogens is 1. The minimum Gasteiger partial charge on any atom is -0.497 e. The molecule has 3 rings (SSSR count). The van der Waals surface area contributed by atoms with Crippen molar-refractivity contribution in [3.05, 3.63) is 78.4 Å². The summed E-state index contributed by atoms with van der Waals surface area (Å²) in [6.45, 7) is 3.63. The summed E-state index contributed by atoms with van der Waals surface area (Å²) in [7, 11) is 1.53. The number of nitrogens with one attached hydrogen (secondary N) is 2. The number of aromatic hydroxyl groups is 1. The van der Waals surface area contributed by atoms with Crippen molar-refractivity contribution in [3.63, 3.8) is 0 Å². The van der Waals surface area contributed by atoms with Gasteiger partial charge >= 0.3 is 11.7 Å². The smallest absolute Gasteiger partial charge is 0.345 e. The molecule has 1 heterocycles. The number of carbonyl (C=O) groups is 1. The number of hydrogen-bond donors (Lipinski definition) is 3. The quantitative estimate of drug-likeness (QED) is 0.487. The minimum atomic E-state index is -0.869. The van der Waals surface area contributed by atoms with Crippen LogP contribution in [-0.2, 0) is 0 Å². The summed E-state index contributed by atoms with van der Waals surface area (Å²) in [4.78, 5) is 42.5. The first-order valence-corrected chi connectivity index (χ1v) is 9.85. The fourth-order valence-corrected chi connectivity index (χ4v) is 3.28. The molecule has 1 aromatic heterocycles. The van der Waals surface area contributed by atoms with Crippen LogP contribution in [0.1, 0.15) is 16.7 Å². The van der Waals surface area contributed by atoms with Crippen LogP contribution >= 0.6 is 15.9 Å². The van der Waals surface area contributed by atoms with Gasteiger partial charge in [0.15, 0.2) is 0 Å². The molecule has 0 aliphatic heterocycles. The summed E-state index contributed by atoms with van der Waals surface area (Å²) >= 11 is 3.41. The second-order valence-electron chi connectivity index (χ2n) is 6.57. The SMILES string of the molecule is COc1ccc(NC(=O)N=Cc2c(O)n(-c3ccc(Br)c(C)c3C)c(=O)[nH]c2=O)cc1. The van der Waals surface area contributed by atoms with Gasteiger partial charge in [-0.15, -0.1) is 0 Å². The van der Waals surface area contributed by atoms with E-state index in [2.05, 4.69) is 31.2 Å². The monoisotopic (exact) mass is 486 g/mol. The zero-order chi connectivity index (χ0) is 22.7. The molecule has 0 aliphatic rings. The molecule has 31 heavy (non-hydrogen) atoms. The van der Waals surface area contributed by atoms with Crippen LogP contribution in [0.2, 0.25) is 0 Å². The van der Waals surface area contributed by atoms with Gasteiger partial charge in [-0.05, 0) is 61.4 Å².